The van der Waals surface area contributed by atoms with Crippen LogP contribution in [0.1, 0.15) is 22.8 Å². The Balaban J connectivity index is 2.03. The second-order valence-corrected chi connectivity index (χ2v) is 4.94. The Morgan fingerprint density at radius 3 is 2.57 bits per heavy atom. The van der Waals surface area contributed by atoms with Gasteiger partial charge in [-0.2, -0.15) is 0 Å². The molecular formula is C16H15ClN2O2. The number of anilines is 1. The zero-order valence-corrected chi connectivity index (χ0v) is 12.3. The van der Waals surface area contributed by atoms with Crippen LogP contribution in [0.15, 0.2) is 48.5 Å². The summed E-state index contributed by atoms with van der Waals surface area (Å²) in [6.07, 6.45) is 0. The number of carbonyl (C=O) groups is 2. The standard InChI is InChI=1S/C16H15ClN2O2/c1-11(20)19-14-7-4-6-12(9-14)16(21)18-10-13-5-2-3-8-15(13)17/h2-9H,10H2,1H3,(H,18,21)(H,19,20). The molecule has 2 aromatic rings. The molecule has 4 nitrogen and oxygen atoms in total. The van der Waals surface area contributed by atoms with Crippen molar-refractivity contribution in [3.63, 3.8) is 0 Å². The van der Waals surface area contributed by atoms with Gasteiger partial charge in [-0.25, -0.2) is 0 Å². The summed E-state index contributed by atoms with van der Waals surface area (Å²) in [5.74, 6) is -0.397. The molecule has 0 saturated carbocycles. The number of rotatable bonds is 4. The van der Waals surface area contributed by atoms with E-state index < -0.39 is 0 Å². The summed E-state index contributed by atoms with van der Waals surface area (Å²) < 4.78 is 0. The van der Waals surface area contributed by atoms with Gasteiger partial charge in [0.15, 0.2) is 0 Å². The third-order valence-electron chi connectivity index (χ3n) is 2.84. The SMILES string of the molecule is CC(=O)Nc1cccc(C(=O)NCc2ccccc2Cl)c1. The lowest BCUT2D eigenvalue weighted by Gasteiger charge is -2.08. The Kier molecular flexibility index (Phi) is 4.95. The predicted octanol–water partition coefficient (Wildman–Crippen LogP) is 3.23. The maximum Gasteiger partial charge on any atom is 0.251 e. The van der Waals surface area contributed by atoms with Gasteiger partial charge in [-0.1, -0.05) is 35.9 Å². The minimum Gasteiger partial charge on any atom is -0.348 e. The fraction of sp³-hybridized carbons (Fsp3) is 0.125. The number of hydrogen-bond donors (Lipinski definition) is 2. The molecule has 0 bridgehead atoms. The predicted molar refractivity (Wildman–Crippen MR) is 83.4 cm³/mol. The number of benzene rings is 2. The van der Waals surface area contributed by atoms with Gasteiger partial charge in [0.2, 0.25) is 5.91 Å². The Labute approximate surface area is 128 Å². The van der Waals surface area contributed by atoms with Crippen molar-refractivity contribution < 1.29 is 9.59 Å². The number of hydrogen-bond acceptors (Lipinski definition) is 2. The summed E-state index contributed by atoms with van der Waals surface area (Å²) in [7, 11) is 0. The Morgan fingerprint density at radius 1 is 1.10 bits per heavy atom. The summed E-state index contributed by atoms with van der Waals surface area (Å²) in [5.41, 5.74) is 1.92. The molecule has 21 heavy (non-hydrogen) atoms. The third kappa shape index (κ3) is 4.33. The van der Waals surface area contributed by atoms with Crippen LogP contribution in [0.3, 0.4) is 0 Å². The van der Waals surface area contributed by atoms with Crippen LogP contribution in [0.4, 0.5) is 5.69 Å². The van der Waals surface area contributed by atoms with E-state index in [-0.39, 0.29) is 11.8 Å². The summed E-state index contributed by atoms with van der Waals surface area (Å²) in [6.45, 7) is 1.77. The largest absolute Gasteiger partial charge is 0.348 e. The molecule has 108 valence electrons. The first-order valence-corrected chi connectivity index (χ1v) is 6.83. The maximum atomic E-state index is 12.1. The highest BCUT2D eigenvalue weighted by Crippen LogP contribution is 2.15. The molecule has 0 unspecified atom stereocenters. The van der Waals surface area contributed by atoms with E-state index in [0.717, 1.165) is 5.56 Å². The van der Waals surface area contributed by atoms with E-state index in [1.807, 2.05) is 18.2 Å². The van der Waals surface area contributed by atoms with Crippen LogP contribution in [-0.2, 0) is 11.3 Å². The molecule has 5 heteroatoms. The molecule has 0 heterocycles. The molecule has 0 saturated heterocycles. The van der Waals surface area contributed by atoms with E-state index in [0.29, 0.717) is 22.8 Å². The highest BCUT2D eigenvalue weighted by atomic mass is 35.5. The van der Waals surface area contributed by atoms with Crippen LogP contribution < -0.4 is 10.6 Å². The van der Waals surface area contributed by atoms with E-state index in [1.54, 1.807) is 30.3 Å². The minimum atomic E-state index is -0.220. The first-order chi connectivity index (χ1) is 10.1. The lowest BCUT2D eigenvalue weighted by atomic mass is 10.1. The monoisotopic (exact) mass is 302 g/mol. The topological polar surface area (TPSA) is 58.2 Å². The summed E-state index contributed by atoms with van der Waals surface area (Å²) in [5, 5.41) is 6.06. The van der Waals surface area contributed by atoms with Gasteiger partial charge in [0, 0.05) is 29.7 Å². The lowest BCUT2D eigenvalue weighted by molar-refractivity contribution is -0.114. The second-order valence-electron chi connectivity index (χ2n) is 4.54. The van der Waals surface area contributed by atoms with Crippen LogP contribution in [0.2, 0.25) is 5.02 Å². The van der Waals surface area contributed by atoms with Gasteiger partial charge in [-0.3, -0.25) is 9.59 Å². The third-order valence-corrected chi connectivity index (χ3v) is 3.21. The van der Waals surface area contributed by atoms with Crippen molar-refractivity contribution in [2.75, 3.05) is 5.32 Å². The molecule has 0 aromatic heterocycles. The fourth-order valence-electron chi connectivity index (χ4n) is 1.86. The highest BCUT2D eigenvalue weighted by molar-refractivity contribution is 6.31. The van der Waals surface area contributed by atoms with Crippen LogP contribution in [-0.4, -0.2) is 11.8 Å². The van der Waals surface area contributed by atoms with Crippen molar-refractivity contribution in [1.82, 2.24) is 5.32 Å². The minimum absolute atomic E-state index is 0.177. The molecule has 2 amide bonds. The molecule has 0 spiro atoms. The van der Waals surface area contributed by atoms with Crippen molar-refractivity contribution in [1.29, 1.82) is 0 Å². The number of nitrogens with one attached hydrogen (secondary N) is 2. The average molecular weight is 303 g/mol. The molecule has 0 radical (unpaired) electrons. The molecule has 0 atom stereocenters. The van der Waals surface area contributed by atoms with E-state index >= 15 is 0 Å². The van der Waals surface area contributed by atoms with Crippen molar-refractivity contribution in [3.8, 4) is 0 Å². The zero-order chi connectivity index (χ0) is 15.2. The molecule has 2 rings (SSSR count). The van der Waals surface area contributed by atoms with Crippen molar-refractivity contribution in [2.24, 2.45) is 0 Å². The number of amides is 2. The van der Waals surface area contributed by atoms with E-state index in [2.05, 4.69) is 10.6 Å². The zero-order valence-electron chi connectivity index (χ0n) is 11.5. The van der Waals surface area contributed by atoms with Crippen LogP contribution >= 0.6 is 11.6 Å². The van der Waals surface area contributed by atoms with Gasteiger partial charge in [0.25, 0.3) is 5.91 Å². The molecule has 2 N–H and O–H groups in total. The number of halogens is 1. The van der Waals surface area contributed by atoms with Crippen molar-refractivity contribution in [2.45, 2.75) is 13.5 Å². The molecule has 0 fully saturated rings. The molecule has 0 aliphatic carbocycles. The smallest absolute Gasteiger partial charge is 0.251 e. The average Bonchev–Trinajstić information content (AvgIpc) is 2.45. The van der Waals surface area contributed by atoms with Gasteiger partial charge in [0.05, 0.1) is 0 Å². The van der Waals surface area contributed by atoms with Gasteiger partial charge in [-0.15, -0.1) is 0 Å². The summed E-state index contributed by atoms with van der Waals surface area (Å²) >= 11 is 6.04. The Hall–Kier alpha value is -2.33. The normalized spacial score (nSPS) is 10.0. The maximum absolute atomic E-state index is 12.1. The Morgan fingerprint density at radius 2 is 1.86 bits per heavy atom. The fourth-order valence-corrected chi connectivity index (χ4v) is 2.06. The van der Waals surface area contributed by atoms with E-state index in [1.165, 1.54) is 6.92 Å². The summed E-state index contributed by atoms with van der Waals surface area (Å²) in [4.78, 5) is 23.1. The van der Waals surface area contributed by atoms with Crippen LogP contribution in [0.25, 0.3) is 0 Å². The van der Waals surface area contributed by atoms with E-state index in [4.69, 9.17) is 11.6 Å². The first kappa shape index (κ1) is 15.1. The molecule has 2 aromatic carbocycles. The quantitative estimate of drug-likeness (QED) is 0.911. The van der Waals surface area contributed by atoms with Gasteiger partial charge in [0.1, 0.15) is 0 Å². The van der Waals surface area contributed by atoms with Crippen molar-refractivity contribution >= 4 is 29.1 Å². The number of carbonyl (C=O) groups excluding carboxylic acids is 2. The molecule has 0 aliphatic heterocycles. The van der Waals surface area contributed by atoms with E-state index in [9.17, 15) is 9.59 Å². The second kappa shape index (κ2) is 6.90. The van der Waals surface area contributed by atoms with Gasteiger partial charge in [-0.05, 0) is 29.8 Å². The molecule has 0 aliphatic rings. The van der Waals surface area contributed by atoms with Gasteiger partial charge >= 0.3 is 0 Å². The lowest BCUT2D eigenvalue weighted by Crippen LogP contribution is -2.23. The van der Waals surface area contributed by atoms with Gasteiger partial charge < -0.3 is 10.6 Å². The van der Waals surface area contributed by atoms with Crippen LogP contribution in [0, 0.1) is 0 Å². The highest BCUT2D eigenvalue weighted by Gasteiger charge is 2.07. The van der Waals surface area contributed by atoms with Crippen LogP contribution in [0.5, 0.6) is 0 Å². The first-order valence-electron chi connectivity index (χ1n) is 6.45. The van der Waals surface area contributed by atoms with Crippen molar-refractivity contribution in [3.05, 3.63) is 64.7 Å². The summed E-state index contributed by atoms with van der Waals surface area (Å²) in [6, 6.07) is 14.1. The molecular weight excluding hydrogens is 288 g/mol. The Bertz CT molecular complexity index is 671.